The molecule has 24 heavy (non-hydrogen) atoms. The highest BCUT2D eigenvalue weighted by Crippen LogP contribution is 2.30. The van der Waals surface area contributed by atoms with Gasteiger partial charge in [-0.3, -0.25) is 0 Å². The molecule has 0 fully saturated rings. The van der Waals surface area contributed by atoms with Crippen molar-refractivity contribution in [3.63, 3.8) is 0 Å². The van der Waals surface area contributed by atoms with E-state index < -0.39 is 0 Å². The topological polar surface area (TPSA) is 66.0 Å². The fraction of sp³-hybridized carbons (Fsp3) is 0.125. The fourth-order valence-corrected chi connectivity index (χ4v) is 3.42. The molecule has 2 aromatic carbocycles. The van der Waals surface area contributed by atoms with E-state index in [1.54, 1.807) is 19.2 Å². The Hall–Kier alpha value is -2.06. The van der Waals surface area contributed by atoms with Crippen LogP contribution in [-0.2, 0) is 5.75 Å². The normalized spacial score (nSPS) is 10.8. The summed E-state index contributed by atoms with van der Waals surface area (Å²) < 4.78 is 20.8. The van der Waals surface area contributed by atoms with Gasteiger partial charge in [-0.1, -0.05) is 27.7 Å². The zero-order valence-corrected chi connectivity index (χ0v) is 15.1. The molecule has 0 aliphatic carbocycles. The molecule has 2 N–H and O–H groups in total. The van der Waals surface area contributed by atoms with Crippen LogP contribution in [0, 0.1) is 5.82 Å². The number of hydrogen-bond donors (Lipinski definition) is 1. The molecule has 0 atom stereocenters. The third kappa shape index (κ3) is 3.54. The standard InChI is InChI=1S/C16H14BrFN4OS/c1-23-14-7-4-12(17)8-11(14)9-24-16-21-20-15(22(16)19)10-2-5-13(18)6-3-10/h2-8H,9,19H2,1H3. The minimum atomic E-state index is -0.307. The molecule has 0 saturated heterocycles. The molecule has 3 aromatic rings. The Morgan fingerprint density at radius 3 is 2.67 bits per heavy atom. The molecule has 5 nitrogen and oxygen atoms in total. The average Bonchev–Trinajstić information content (AvgIpc) is 2.95. The molecule has 0 aliphatic heterocycles. The summed E-state index contributed by atoms with van der Waals surface area (Å²) in [5.41, 5.74) is 1.72. The number of hydrogen-bond acceptors (Lipinski definition) is 5. The van der Waals surface area contributed by atoms with Gasteiger partial charge < -0.3 is 10.6 Å². The highest BCUT2D eigenvalue weighted by Gasteiger charge is 2.13. The summed E-state index contributed by atoms with van der Waals surface area (Å²) >= 11 is 4.90. The Morgan fingerprint density at radius 1 is 1.21 bits per heavy atom. The van der Waals surface area contributed by atoms with Crippen LogP contribution in [0.2, 0.25) is 0 Å². The third-order valence-corrected chi connectivity index (χ3v) is 4.85. The maximum Gasteiger partial charge on any atom is 0.210 e. The Balaban J connectivity index is 1.80. The molecule has 1 heterocycles. The van der Waals surface area contributed by atoms with Gasteiger partial charge in [-0.2, -0.15) is 0 Å². The first kappa shape index (κ1) is 16.8. The van der Waals surface area contributed by atoms with Crippen molar-refractivity contribution in [2.75, 3.05) is 13.0 Å². The monoisotopic (exact) mass is 408 g/mol. The van der Waals surface area contributed by atoms with Crippen LogP contribution in [-0.4, -0.2) is 22.0 Å². The molecule has 124 valence electrons. The number of ether oxygens (including phenoxy) is 1. The van der Waals surface area contributed by atoms with Gasteiger partial charge in [0, 0.05) is 21.4 Å². The van der Waals surface area contributed by atoms with Gasteiger partial charge in [0.25, 0.3) is 0 Å². The SMILES string of the molecule is COc1ccc(Br)cc1CSc1nnc(-c2ccc(F)cc2)n1N. The third-order valence-electron chi connectivity index (χ3n) is 3.37. The van der Waals surface area contributed by atoms with Gasteiger partial charge in [0.1, 0.15) is 11.6 Å². The van der Waals surface area contributed by atoms with Crippen molar-refractivity contribution in [1.82, 2.24) is 14.9 Å². The lowest BCUT2D eigenvalue weighted by atomic mass is 10.2. The molecular formula is C16H14BrFN4OS. The van der Waals surface area contributed by atoms with Gasteiger partial charge in [0.05, 0.1) is 7.11 Å². The predicted molar refractivity (Wildman–Crippen MR) is 95.8 cm³/mol. The number of nitrogen functional groups attached to an aromatic ring is 1. The van der Waals surface area contributed by atoms with E-state index in [1.807, 2.05) is 18.2 Å². The number of benzene rings is 2. The molecule has 0 amide bonds. The molecule has 3 rings (SSSR count). The van der Waals surface area contributed by atoms with Gasteiger partial charge in [0.2, 0.25) is 5.16 Å². The first-order valence-electron chi connectivity index (χ1n) is 7.00. The summed E-state index contributed by atoms with van der Waals surface area (Å²) in [6.45, 7) is 0. The number of halogens is 2. The summed E-state index contributed by atoms with van der Waals surface area (Å²) in [6.07, 6.45) is 0. The highest BCUT2D eigenvalue weighted by molar-refractivity contribution is 9.10. The number of nitrogens with two attached hydrogens (primary N) is 1. The van der Waals surface area contributed by atoms with E-state index in [-0.39, 0.29) is 5.82 Å². The van der Waals surface area contributed by atoms with Crippen LogP contribution in [0.15, 0.2) is 52.1 Å². The van der Waals surface area contributed by atoms with Crippen LogP contribution < -0.4 is 10.6 Å². The maximum absolute atomic E-state index is 13.0. The fourth-order valence-electron chi connectivity index (χ4n) is 2.17. The molecule has 0 unspecified atom stereocenters. The van der Waals surface area contributed by atoms with E-state index in [0.29, 0.717) is 22.3 Å². The van der Waals surface area contributed by atoms with Crippen LogP contribution in [0.4, 0.5) is 4.39 Å². The van der Waals surface area contributed by atoms with Gasteiger partial charge in [-0.15, -0.1) is 10.2 Å². The van der Waals surface area contributed by atoms with Crippen molar-refractivity contribution in [1.29, 1.82) is 0 Å². The molecule has 0 radical (unpaired) electrons. The van der Waals surface area contributed by atoms with Gasteiger partial charge in [-0.25, -0.2) is 9.07 Å². The number of aromatic nitrogens is 3. The average molecular weight is 409 g/mol. The minimum Gasteiger partial charge on any atom is -0.496 e. The van der Waals surface area contributed by atoms with Crippen molar-refractivity contribution < 1.29 is 9.13 Å². The van der Waals surface area contributed by atoms with Gasteiger partial charge >= 0.3 is 0 Å². The predicted octanol–water partition coefficient (Wildman–Crippen LogP) is 3.86. The molecule has 8 heteroatoms. The molecule has 1 aromatic heterocycles. The van der Waals surface area contributed by atoms with Crippen molar-refractivity contribution in [2.24, 2.45) is 0 Å². The van der Waals surface area contributed by atoms with Crippen molar-refractivity contribution >= 4 is 27.7 Å². The molecular weight excluding hydrogens is 395 g/mol. The van der Waals surface area contributed by atoms with Crippen LogP contribution in [0.3, 0.4) is 0 Å². The Labute approximate surface area is 151 Å². The molecule has 0 bridgehead atoms. The summed E-state index contributed by atoms with van der Waals surface area (Å²) in [5.74, 6) is 7.68. The lowest BCUT2D eigenvalue weighted by Gasteiger charge is -2.08. The second-order valence-corrected chi connectivity index (χ2v) is 6.79. The number of rotatable bonds is 5. The maximum atomic E-state index is 13.0. The van der Waals surface area contributed by atoms with E-state index in [1.165, 1.54) is 28.6 Å². The Morgan fingerprint density at radius 2 is 1.96 bits per heavy atom. The largest absolute Gasteiger partial charge is 0.496 e. The highest BCUT2D eigenvalue weighted by atomic mass is 79.9. The van der Waals surface area contributed by atoms with E-state index in [9.17, 15) is 4.39 Å². The zero-order valence-electron chi connectivity index (χ0n) is 12.7. The van der Waals surface area contributed by atoms with E-state index in [4.69, 9.17) is 10.6 Å². The zero-order chi connectivity index (χ0) is 17.1. The van der Waals surface area contributed by atoms with E-state index in [2.05, 4.69) is 26.1 Å². The summed E-state index contributed by atoms with van der Waals surface area (Å²) in [5, 5.41) is 8.77. The molecule has 0 saturated carbocycles. The second kappa shape index (κ2) is 7.23. The Kier molecular flexibility index (Phi) is 5.06. The lowest BCUT2D eigenvalue weighted by molar-refractivity contribution is 0.411. The van der Waals surface area contributed by atoms with Gasteiger partial charge in [0.15, 0.2) is 5.82 Å². The summed E-state index contributed by atoms with van der Waals surface area (Å²) in [7, 11) is 1.63. The Bertz CT molecular complexity index is 854. The molecule has 0 aliphatic rings. The number of thioether (sulfide) groups is 1. The summed E-state index contributed by atoms with van der Waals surface area (Å²) in [6, 6.07) is 11.8. The first-order chi connectivity index (χ1) is 11.6. The summed E-state index contributed by atoms with van der Waals surface area (Å²) in [4.78, 5) is 0. The number of methoxy groups -OCH3 is 1. The van der Waals surface area contributed by atoms with Crippen LogP contribution in [0.25, 0.3) is 11.4 Å². The molecule has 0 spiro atoms. The second-order valence-electron chi connectivity index (χ2n) is 4.93. The van der Waals surface area contributed by atoms with Crippen LogP contribution in [0.5, 0.6) is 5.75 Å². The minimum absolute atomic E-state index is 0.307. The first-order valence-corrected chi connectivity index (χ1v) is 8.78. The smallest absolute Gasteiger partial charge is 0.210 e. The van der Waals surface area contributed by atoms with E-state index in [0.717, 1.165) is 15.8 Å². The van der Waals surface area contributed by atoms with Crippen LogP contribution >= 0.6 is 27.7 Å². The lowest BCUT2D eigenvalue weighted by Crippen LogP contribution is -2.11. The van der Waals surface area contributed by atoms with Crippen molar-refractivity contribution in [2.45, 2.75) is 10.9 Å². The number of nitrogens with zero attached hydrogens (tertiary/aromatic N) is 3. The van der Waals surface area contributed by atoms with Crippen LogP contribution in [0.1, 0.15) is 5.56 Å². The quantitative estimate of drug-likeness (QED) is 0.512. The van der Waals surface area contributed by atoms with E-state index >= 15 is 0 Å². The van der Waals surface area contributed by atoms with Gasteiger partial charge in [-0.05, 0) is 42.5 Å². The van der Waals surface area contributed by atoms with Crippen molar-refractivity contribution in [3.05, 3.63) is 58.3 Å². The van der Waals surface area contributed by atoms with Crippen molar-refractivity contribution in [3.8, 4) is 17.1 Å².